The van der Waals surface area contributed by atoms with Crippen molar-refractivity contribution in [2.45, 2.75) is 25.7 Å². The summed E-state index contributed by atoms with van der Waals surface area (Å²) in [4.78, 5) is 27.3. The molecule has 3 N–H and O–H groups in total. The number of nitrogen functional groups attached to an aromatic ring is 1. The second-order valence-corrected chi connectivity index (χ2v) is 7.45. The minimum atomic E-state index is -0.372. The van der Waals surface area contributed by atoms with Crippen LogP contribution in [0.2, 0.25) is 0 Å². The molecule has 1 saturated heterocycles. The maximum atomic E-state index is 13.1. The highest BCUT2D eigenvalue weighted by molar-refractivity contribution is 5.94. The van der Waals surface area contributed by atoms with E-state index in [1.807, 2.05) is 24.0 Å². The lowest BCUT2D eigenvalue weighted by molar-refractivity contribution is 0.0711. The summed E-state index contributed by atoms with van der Waals surface area (Å²) in [5.74, 6) is 0.841. The third kappa shape index (κ3) is 4.53. The molecule has 8 heteroatoms. The van der Waals surface area contributed by atoms with Gasteiger partial charge in [-0.05, 0) is 56.2 Å². The molecule has 154 valence electrons. The number of pyridine rings is 3. The Morgan fingerprint density at radius 1 is 1.13 bits per heavy atom. The molecule has 0 unspecified atom stereocenters. The predicted octanol–water partition coefficient (Wildman–Crippen LogP) is 3.66. The number of carbonyl (C=O) groups excluding carboxylic acids is 1. The summed E-state index contributed by atoms with van der Waals surface area (Å²) in [5.41, 5.74) is 8.89. The fourth-order valence-electron chi connectivity index (χ4n) is 3.67. The molecule has 30 heavy (non-hydrogen) atoms. The number of anilines is 3. The number of hydrogen-bond donors (Lipinski definition) is 2. The predicted molar refractivity (Wildman–Crippen MR) is 113 cm³/mol. The van der Waals surface area contributed by atoms with Crippen molar-refractivity contribution in [1.82, 2.24) is 19.9 Å². The number of aromatic nitrogens is 3. The maximum Gasteiger partial charge on any atom is 0.255 e. The summed E-state index contributed by atoms with van der Waals surface area (Å²) in [7, 11) is 0. The van der Waals surface area contributed by atoms with Crippen LogP contribution in [0.25, 0.3) is 0 Å². The van der Waals surface area contributed by atoms with Crippen LogP contribution in [0.3, 0.4) is 0 Å². The first-order valence-corrected chi connectivity index (χ1v) is 9.86. The molecule has 1 aliphatic rings. The Morgan fingerprint density at radius 2 is 1.93 bits per heavy atom. The smallest absolute Gasteiger partial charge is 0.255 e. The van der Waals surface area contributed by atoms with Crippen LogP contribution in [0, 0.1) is 12.7 Å². The van der Waals surface area contributed by atoms with Crippen molar-refractivity contribution in [1.29, 1.82) is 0 Å². The Labute approximate surface area is 174 Å². The van der Waals surface area contributed by atoms with Crippen LogP contribution in [0.1, 0.15) is 40.5 Å². The van der Waals surface area contributed by atoms with Gasteiger partial charge in [0.15, 0.2) is 0 Å². The highest BCUT2D eigenvalue weighted by Gasteiger charge is 2.26. The average molecular weight is 406 g/mol. The number of aryl methyl sites for hydroxylation is 1. The Kier molecular flexibility index (Phi) is 5.56. The van der Waals surface area contributed by atoms with E-state index in [1.54, 1.807) is 18.2 Å². The minimum absolute atomic E-state index is 0.0251. The topological polar surface area (TPSA) is 97.0 Å². The molecule has 0 atom stereocenters. The van der Waals surface area contributed by atoms with Crippen LogP contribution >= 0.6 is 0 Å². The van der Waals surface area contributed by atoms with Gasteiger partial charge in [0.2, 0.25) is 0 Å². The van der Waals surface area contributed by atoms with Gasteiger partial charge in [0, 0.05) is 42.3 Å². The highest BCUT2D eigenvalue weighted by Crippen LogP contribution is 2.30. The molecular formula is C22H23FN6O. The quantitative estimate of drug-likeness (QED) is 0.686. The molecule has 0 radical (unpaired) electrons. The molecule has 0 aliphatic carbocycles. The summed E-state index contributed by atoms with van der Waals surface area (Å²) in [6, 6.07) is 10.3. The molecule has 1 fully saturated rings. The number of amides is 1. The van der Waals surface area contributed by atoms with Gasteiger partial charge in [0.25, 0.3) is 5.91 Å². The molecule has 3 aromatic rings. The average Bonchev–Trinajstić information content (AvgIpc) is 2.75. The summed E-state index contributed by atoms with van der Waals surface area (Å²) in [6.07, 6.45) is 4.37. The first kappa shape index (κ1) is 19.8. The third-order valence-electron chi connectivity index (χ3n) is 5.21. The molecule has 7 nitrogen and oxygen atoms in total. The molecule has 1 amide bonds. The Hall–Kier alpha value is -3.55. The zero-order valence-corrected chi connectivity index (χ0v) is 16.7. The lowest BCUT2D eigenvalue weighted by Crippen LogP contribution is -2.38. The number of piperidine rings is 1. The molecule has 4 heterocycles. The number of hydrogen-bond acceptors (Lipinski definition) is 6. The van der Waals surface area contributed by atoms with Crippen LogP contribution in [0.15, 0.2) is 48.8 Å². The lowest BCUT2D eigenvalue weighted by Gasteiger charge is -2.32. The molecular weight excluding hydrogens is 383 g/mol. The van der Waals surface area contributed by atoms with Gasteiger partial charge in [-0.25, -0.2) is 14.4 Å². The normalized spacial score (nSPS) is 14.5. The highest BCUT2D eigenvalue weighted by atomic mass is 19.1. The number of halogens is 1. The maximum absolute atomic E-state index is 13.1. The van der Waals surface area contributed by atoms with Crippen molar-refractivity contribution in [3.05, 3.63) is 71.6 Å². The van der Waals surface area contributed by atoms with E-state index in [4.69, 9.17) is 10.7 Å². The number of likely N-dealkylation sites (tertiary alicyclic amines) is 1. The molecule has 0 aromatic carbocycles. The Balaban J connectivity index is 1.42. The first-order chi connectivity index (χ1) is 14.5. The van der Waals surface area contributed by atoms with E-state index in [2.05, 4.69) is 15.3 Å². The van der Waals surface area contributed by atoms with E-state index >= 15 is 0 Å². The molecule has 0 bridgehead atoms. The summed E-state index contributed by atoms with van der Waals surface area (Å²) in [5, 5.41) is 3.21. The number of nitrogens with zero attached hydrogens (tertiary/aromatic N) is 4. The zero-order chi connectivity index (χ0) is 21.1. The summed E-state index contributed by atoms with van der Waals surface area (Å²) >= 11 is 0. The second kappa shape index (κ2) is 8.44. The van der Waals surface area contributed by atoms with Gasteiger partial charge in [0.1, 0.15) is 17.5 Å². The van der Waals surface area contributed by atoms with E-state index < -0.39 is 0 Å². The zero-order valence-electron chi connectivity index (χ0n) is 16.7. The number of carbonyl (C=O) groups is 1. The van der Waals surface area contributed by atoms with Gasteiger partial charge in [-0.3, -0.25) is 9.78 Å². The van der Waals surface area contributed by atoms with E-state index in [-0.39, 0.29) is 17.6 Å². The summed E-state index contributed by atoms with van der Waals surface area (Å²) < 4.78 is 13.1. The van der Waals surface area contributed by atoms with Gasteiger partial charge >= 0.3 is 0 Å². The van der Waals surface area contributed by atoms with Crippen LogP contribution in [-0.2, 0) is 0 Å². The van der Waals surface area contributed by atoms with Crippen molar-refractivity contribution in [3.8, 4) is 0 Å². The SMILES string of the molecule is Cc1cc(Nc2ccc(F)cn2)cc(C2CCN(C(=O)c3ccc(N)nc3)CC2)n1. The molecule has 0 saturated carbocycles. The van der Waals surface area contributed by atoms with Gasteiger partial charge in [-0.15, -0.1) is 0 Å². The van der Waals surface area contributed by atoms with Crippen molar-refractivity contribution >= 4 is 23.2 Å². The minimum Gasteiger partial charge on any atom is -0.384 e. The molecule has 1 aliphatic heterocycles. The number of nitrogens with two attached hydrogens (primary N) is 1. The standard InChI is InChI=1S/C22H23FN6O/c1-14-10-18(28-21-5-3-17(23)13-26-21)11-19(27-14)15-6-8-29(9-7-15)22(30)16-2-4-20(24)25-12-16/h2-5,10-13,15H,6-9H2,1H3,(H2,24,25)(H,26,27,28). The van der Waals surface area contributed by atoms with Crippen LogP contribution < -0.4 is 11.1 Å². The summed E-state index contributed by atoms with van der Waals surface area (Å²) in [6.45, 7) is 3.26. The van der Waals surface area contributed by atoms with E-state index in [0.717, 1.165) is 29.9 Å². The van der Waals surface area contributed by atoms with E-state index in [1.165, 1.54) is 18.5 Å². The fourth-order valence-corrected chi connectivity index (χ4v) is 3.67. The second-order valence-electron chi connectivity index (χ2n) is 7.45. The van der Waals surface area contributed by atoms with Crippen molar-refractivity contribution in [2.24, 2.45) is 0 Å². The van der Waals surface area contributed by atoms with Crippen LogP contribution in [0.4, 0.5) is 21.7 Å². The van der Waals surface area contributed by atoms with Crippen molar-refractivity contribution < 1.29 is 9.18 Å². The molecule has 3 aromatic heterocycles. The van der Waals surface area contributed by atoms with Gasteiger partial charge in [-0.2, -0.15) is 0 Å². The lowest BCUT2D eigenvalue weighted by atomic mass is 9.92. The number of nitrogens with one attached hydrogen (secondary N) is 1. The van der Waals surface area contributed by atoms with E-state index in [0.29, 0.717) is 30.3 Å². The monoisotopic (exact) mass is 406 g/mol. The van der Waals surface area contributed by atoms with E-state index in [9.17, 15) is 9.18 Å². The van der Waals surface area contributed by atoms with Gasteiger partial charge in [0.05, 0.1) is 11.8 Å². The van der Waals surface area contributed by atoms with Gasteiger partial charge < -0.3 is 16.0 Å². The Bertz CT molecular complexity index is 1030. The van der Waals surface area contributed by atoms with Crippen molar-refractivity contribution in [3.63, 3.8) is 0 Å². The Morgan fingerprint density at radius 3 is 2.60 bits per heavy atom. The van der Waals surface area contributed by atoms with Crippen LogP contribution in [-0.4, -0.2) is 38.8 Å². The van der Waals surface area contributed by atoms with Crippen LogP contribution in [0.5, 0.6) is 0 Å². The molecule has 0 spiro atoms. The largest absolute Gasteiger partial charge is 0.384 e. The third-order valence-corrected chi connectivity index (χ3v) is 5.21. The first-order valence-electron chi connectivity index (χ1n) is 9.86. The van der Waals surface area contributed by atoms with Gasteiger partial charge in [-0.1, -0.05) is 0 Å². The van der Waals surface area contributed by atoms with Crippen molar-refractivity contribution in [2.75, 3.05) is 24.1 Å². The molecule has 4 rings (SSSR count). The number of rotatable bonds is 4. The fraction of sp³-hybridized carbons (Fsp3) is 0.273.